The molecule has 5 rings (SSSR count). The van der Waals surface area contributed by atoms with Crippen LogP contribution in [0.25, 0.3) is 0 Å². The summed E-state index contributed by atoms with van der Waals surface area (Å²) in [5.74, 6) is -0.209. The number of rotatable bonds is 13. The smallest absolute Gasteiger partial charge is 0.343 e. The van der Waals surface area contributed by atoms with E-state index in [1.807, 2.05) is 12.1 Å². The molecule has 2 aromatic carbocycles. The van der Waals surface area contributed by atoms with Crippen molar-refractivity contribution in [3.63, 3.8) is 0 Å². The first-order valence-electron chi connectivity index (χ1n) is 16.2. The van der Waals surface area contributed by atoms with Crippen LogP contribution in [0.1, 0.15) is 55.2 Å². The van der Waals surface area contributed by atoms with Crippen molar-refractivity contribution >= 4 is 33.5 Å². The number of benzene rings is 2. The summed E-state index contributed by atoms with van der Waals surface area (Å²) in [4.78, 5) is 15.5. The number of aliphatic hydroxyl groups excluding tert-OH is 1. The number of esters is 1. The van der Waals surface area contributed by atoms with Gasteiger partial charge in [-0.1, -0.05) is 35.9 Å². The van der Waals surface area contributed by atoms with Crippen LogP contribution in [-0.4, -0.2) is 74.9 Å². The molecule has 4 N–H and O–H groups in total. The maximum Gasteiger partial charge on any atom is 0.343 e. The molecule has 1 saturated carbocycles. The number of nitrogens with two attached hydrogens (primary N) is 1. The summed E-state index contributed by atoms with van der Waals surface area (Å²) in [5.41, 5.74) is 0.472. The predicted molar refractivity (Wildman–Crippen MR) is 183 cm³/mol. The van der Waals surface area contributed by atoms with Gasteiger partial charge in [-0.2, -0.15) is 12.7 Å². The average Bonchev–Trinajstić information content (AvgIpc) is 3.18. The quantitative estimate of drug-likeness (QED) is 0.162. The van der Waals surface area contributed by atoms with Crippen LogP contribution in [0.3, 0.4) is 0 Å². The van der Waals surface area contributed by atoms with Crippen molar-refractivity contribution in [3.8, 4) is 5.75 Å². The van der Waals surface area contributed by atoms with Gasteiger partial charge in [0.2, 0.25) is 5.60 Å². The van der Waals surface area contributed by atoms with Gasteiger partial charge in [-0.3, -0.25) is 0 Å². The zero-order chi connectivity index (χ0) is 34.0. The lowest BCUT2D eigenvalue weighted by Crippen LogP contribution is -2.51. The number of nitrogens with zero attached hydrogens (tertiary/aromatic N) is 2. The second-order valence-corrected chi connectivity index (χ2v) is 15.2. The number of carbonyl (C=O) groups excluding carboxylic acids is 1. The molecule has 1 heterocycles. The fourth-order valence-corrected chi connectivity index (χ4v) is 8.45. The summed E-state index contributed by atoms with van der Waals surface area (Å²) < 4.78 is 37.7. The van der Waals surface area contributed by atoms with Crippen molar-refractivity contribution in [2.75, 3.05) is 44.8 Å². The molecule has 0 bridgehead atoms. The molecule has 0 amide bonds. The number of aliphatic hydroxyl groups is 2. The maximum absolute atomic E-state index is 13.3. The summed E-state index contributed by atoms with van der Waals surface area (Å²) in [6.45, 7) is 8.42. The number of hydrogen-bond donors (Lipinski definition) is 3. The molecule has 12 heteroatoms. The summed E-state index contributed by atoms with van der Waals surface area (Å²) in [7, 11) is -3.14. The van der Waals surface area contributed by atoms with Gasteiger partial charge in [0.15, 0.2) is 0 Å². The number of aryl methyl sites for hydroxylation is 1. The van der Waals surface area contributed by atoms with E-state index in [1.54, 1.807) is 30.4 Å². The highest BCUT2D eigenvalue weighted by atomic mass is 35.5. The molecule has 256 valence electrons. The first kappa shape index (κ1) is 35.4. The van der Waals surface area contributed by atoms with Gasteiger partial charge >= 0.3 is 5.97 Å². The molecule has 1 fully saturated rings. The van der Waals surface area contributed by atoms with Crippen LogP contribution in [0.15, 0.2) is 61.7 Å². The SMILES string of the molecule is C=CCCCN(C[C@@](O)(C(=O)OC)c1ccc2c(c1)N(C[C@@H]1CC[C@H]1[C@@H](O)C=C)C[C@@]1(CCCc3cc(Cl)ccc31)CO2)S(N)(=O)=O. The summed E-state index contributed by atoms with van der Waals surface area (Å²) >= 11 is 6.40. The highest BCUT2D eigenvalue weighted by molar-refractivity contribution is 7.86. The molecule has 10 nitrogen and oxygen atoms in total. The molecule has 5 atom stereocenters. The molecular formula is C35H46ClN3O7S. The van der Waals surface area contributed by atoms with E-state index < -0.39 is 34.4 Å². The first-order chi connectivity index (χ1) is 22.3. The highest BCUT2D eigenvalue weighted by Crippen LogP contribution is 2.47. The first-order valence-corrected chi connectivity index (χ1v) is 18.0. The van der Waals surface area contributed by atoms with Crippen molar-refractivity contribution in [2.24, 2.45) is 17.0 Å². The van der Waals surface area contributed by atoms with Gasteiger partial charge in [0, 0.05) is 30.1 Å². The predicted octanol–water partition coefficient (Wildman–Crippen LogP) is 4.22. The van der Waals surface area contributed by atoms with Gasteiger partial charge in [0.05, 0.1) is 32.1 Å². The van der Waals surface area contributed by atoms with Crippen molar-refractivity contribution in [1.29, 1.82) is 0 Å². The number of allylic oxidation sites excluding steroid dienone is 1. The van der Waals surface area contributed by atoms with Gasteiger partial charge in [-0.25, -0.2) is 9.93 Å². The van der Waals surface area contributed by atoms with Crippen molar-refractivity contribution < 1.29 is 32.9 Å². The fourth-order valence-electron chi connectivity index (χ4n) is 7.51. The zero-order valence-electron chi connectivity index (χ0n) is 26.9. The molecule has 1 aliphatic heterocycles. The Hall–Kier alpha value is -2.93. The number of halogens is 1. The molecule has 0 saturated heterocycles. The van der Waals surface area contributed by atoms with E-state index in [1.165, 1.54) is 11.1 Å². The van der Waals surface area contributed by atoms with Crippen molar-refractivity contribution in [2.45, 2.75) is 62.1 Å². The Bertz CT molecular complexity index is 1600. The van der Waals surface area contributed by atoms with Crippen LogP contribution >= 0.6 is 11.6 Å². The Morgan fingerprint density at radius 3 is 2.74 bits per heavy atom. The number of unbranched alkanes of at least 4 members (excludes halogenated alkanes) is 1. The molecule has 47 heavy (non-hydrogen) atoms. The molecule has 3 aliphatic rings. The van der Waals surface area contributed by atoms with Crippen LogP contribution in [-0.2, 0) is 37.2 Å². The van der Waals surface area contributed by atoms with Gasteiger partial charge in [0.1, 0.15) is 5.75 Å². The monoisotopic (exact) mass is 687 g/mol. The zero-order valence-corrected chi connectivity index (χ0v) is 28.5. The molecule has 2 aromatic rings. The van der Waals surface area contributed by atoms with E-state index in [9.17, 15) is 23.4 Å². The Morgan fingerprint density at radius 1 is 1.30 bits per heavy atom. The summed E-state index contributed by atoms with van der Waals surface area (Å²) in [6.07, 6.45) is 8.13. The normalized spacial score (nSPS) is 24.2. The molecule has 2 aliphatic carbocycles. The lowest BCUT2D eigenvalue weighted by molar-refractivity contribution is -0.164. The minimum Gasteiger partial charge on any atom is -0.490 e. The average molecular weight is 688 g/mol. The largest absolute Gasteiger partial charge is 0.490 e. The lowest BCUT2D eigenvalue weighted by Gasteiger charge is -2.45. The van der Waals surface area contributed by atoms with Crippen LogP contribution in [0, 0.1) is 11.8 Å². The van der Waals surface area contributed by atoms with Crippen molar-refractivity contribution in [3.05, 3.63) is 83.4 Å². The van der Waals surface area contributed by atoms with Gasteiger partial charge in [0.25, 0.3) is 10.2 Å². The number of anilines is 1. The van der Waals surface area contributed by atoms with Gasteiger partial charge < -0.3 is 24.6 Å². The van der Waals surface area contributed by atoms with Crippen molar-refractivity contribution in [1.82, 2.24) is 4.31 Å². The minimum atomic E-state index is -4.29. The van der Waals surface area contributed by atoms with E-state index in [0.29, 0.717) is 49.0 Å². The lowest BCUT2D eigenvalue weighted by atomic mass is 9.68. The Morgan fingerprint density at radius 2 is 2.09 bits per heavy atom. The topological polar surface area (TPSA) is 143 Å². The van der Waals surface area contributed by atoms with Crippen LogP contribution < -0.4 is 14.8 Å². The highest BCUT2D eigenvalue weighted by Gasteiger charge is 2.47. The van der Waals surface area contributed by atoms with Crippen LogP contribution in [0.4, 0.5) is 5.69 Å². The number of methoxy groups -OCH3 is 1. The maximum atomic E-state index is 13.3. The van der Waals surface area contributed by atoms with E-state index in [4.69, 9.17) is 26.2 Å². The Kier molecular flexibility index (Phi) is 10.7. The molecule has 0 unspecified atom stereocenters. The van der Waals surface area contributed by atoms with Gasteiger partial charge in [-0.05, 0) is 97.7 Å². The third-order valence-electron chi connectivity index (χ3n) is 10.2. The van der Waals surface area contributed by atoms with Crippen LogP contribution in [0.2, 0.25) is 5.02 Å². The molecule has 0 aromatic heterocycles. The number of hydrogen-bond acceptors (Lipinski definition) is 8. The summed E-state index contributed by atoms with van der Waals surface area (Å²) in [6, 6.07) is 11.0. The van der Waals surface area contributed by atoms with Crippen LogP contribution in [0.5, 0.6) is 5.75 Å². The molecule has 0 radical (unpaired) electrons. The summed E-state index contributed by atoms with van der Waals surface area (Å²) in [5, 5.41) is 28.9. The van der Waals surface area contributed by atoms with E-state index in [0.717, 1.165) is 43.5 Å². The molecular weight excluding hydrogens is 642 g/mol. The third-order valence-corrected chi connectivity index (χ3v) is 11.5. The number of carbonyl (C=O) groups is 1. The van der Waals surface area contributed by atoms with E-state index in [2.05, 4.69) is 24.1 Å². The second kappa shape index (κ2) is 14.3. The fraction of sp³-hybridized carbons (Fsp3) is 0.514. The second-order valence-electron chi connectivity index (χ2n) is 13.2. The van der Waals surface area contributed by atoms with E-state index >= 15 is 0 Å². The molecule has 1 spiro atoms. The number of fused-ring (bicyclic) bond motifs is 3. The Balaban J connectivity index is 1.58. The number of ether oxygens (including phenoxy) is 2. The minimum absolute atomic E-state index is 0.0228. The van der Waals surface area contributed by atoms with E-state index in [-0.39, 0.29) is 29.4 Å². The third kappa shape index (κ3) is 7.25. The Labute approximate surface area is 283 Å². The van der Waals surface area contributed by atoms with Gasteiger partial charge in [-0.15, -0.1) is 13.2 Å². The standard InChI is InChI=1S/C35H46ClN3O7S/c1-4-6-7-17-39(47(37,43)44)22-35(42,33(41)45-3)26-11-15-32-30(19-26)38(20-25-10-13-28(25)31(40)5-2)21-34(23-46-32)16-8-9-24-18-27(36)12-14-29(24)34/h4-5,11-12,14-15,18-19,25,28,31,40,42H,1-2,6-10,13,16-17,20-23H2,3H3,(H2,37,43,44)/t25-,28+,31-,34-,35-/m0/s1.